The van der Waals surface area contributed by atoms with Crippen LogP contribution in [0.1, 0.15) is 12.0 Å². The smallest absolute Gasteiger partial charge is 0.0784 e. The molecular formula is C15H18N2O. The largest absolute Gasteiger partial charge is 0.381 e. The first-order valence-electron chi connectivity index (χ1n) is 6.58. The zero-order valence-electron chi connectivity index (χ0n) is 10.5. The third kappa shape index (κ3) is 2.03. The molecule has 0 radical (unpaired) electrons. The summed E-state index contributed by atoms with van der Waals surface area (Å²) in [5, 5.41) is 9.50. The van der Waals surface area contributed by atoms with Gasteiger partial charge in [-0.2, -0.15) is 5.26 Å². The monoisotopic (exact) mass is 242 g/mol. The maximum atomic E-state index is 9.50. The molecule has 2 heterocycles. The van der Waals surface area contributed by atoms with Crippen LogP contribution in [0.4, 0.5) is 0 Å². The normalized spacial score (nSPS) is 31.8. The number of nitriles is 1. The Morgan fingerprint density at radius 2 is 2.22 bits per heavy atom. The van der Waals surface area contributed by atoms with Crippen molar-refractivity contribution in [2.45, 2.75) is 13.0 Å². The molecule has 2 fully saturated rings. The molecule has 0 aliphatic carbocycles. The summed E-state index contributed by atoms with van der Waals surface area (Å²) in [5.74, 6) is 0.389. The first-order valence-corrected chi connectivity index (χ1v) is 6.58. The molecule has 3 nitrogen and oxygen atoms in total. The Labute approximate surface area is 108 Å². The lowest BCUT2D eigenvalue weighted by Gasteiger charge is -2.31. The lowest BCUT2D eigenvalue weighted by atomic mass is 9.76. The summed E-state index contributed by atoms with van der Waals surface area (Å²) in [6.45, 7) is 4.32. The van der Waals surface area contributed by atoms with E-state index in [9.17, 15) is 5.26 Å². The SMILES string of the molecule is N#CC12CCOCC1CN(Cc1ccccc1)C2. The molecule has 0 aromatic heterocycles. The predicted molar refractivity (Wildman–Crippen MR) is 68.7 cm³/mol. The molecule has 0 bridgehead atoms. The van der Waals surface area contributed by atoms with Gasteiger partial charge >= 0.3 is 0 Å². The van der Waals surface area contributed by atoms with E-state index >= 15 is 0 Å². The van der Waals surface area contributed by atoms with Crippen molar-refractivity contribution in [1.82, 2.24) is 4.90 Å². The van der Waals surface area contributed by atoms with Crippen LogP contribution in [0.15, 0.2) is 30.3 Å². The lowest BCUT2D eigenvalue weighted by Crippen LogP contribution is -2.37. The molecule has 18 heavy (non-hydrogen) atoms. The van der Waals surface area contributed by atoms with E-state index in [0.29, 0.717) is 5.92 Å². The zero-order valence-corrected chi connectivity index (χ0v) is 10.5. The summed E-state index contributed by atoms with van der Waals surface area (Å²) in [6, 6.07) is 13.1. The van der Waals surface area contributed by atoms with Crippen molar-refractivity contribution in [2.24, 2.45) is 11.3 Å². The number of ether oxygens (including phenoxy) is 1. The minimum Gasteiger partial charge on any atom is -0.381 e. The molecule has 0 N–H and O–H groups in total. The first-order chi connectivity index (χ1) is 8.82. The number of nitrogens with zero attached hydrogens (tertiary/aromatic N) is 2. The van der Waals surface area contributed by atoms with Gasteiger partial charge in [0, 0.05) is 32.2 Å². The summed E-state index contributed by atoms with van der Waals surface area (Å²) in [4.78, 5) is 2.40. The molecule has 3 rings (SSSR count). The Kier molecular flexibility index (Phi) is 3.07. The molecule has 2 aliphatic rings. The fraction of sp³-hybridized carbons (Fsp3) is 0.533. The quantitative estimate of drug-likeness (QED) is 0.796. The van der Waals surface area contributed by atoms with Crippen LogP contribution in [0.3, 0.4) is 0 Å². The first kappa shape index (κ1) is 11.7. The van der Waals surface area contributed by atoms with Gasteiger partial charge in [0.25, 0.3) is 0 Å². The fourth-order valence-corrected chi connectivity index (χ4v) is 3.20. The van der Waals surface area contributed by atoms with Gasteiger partial charge in [0.05, 0.1) is 18.1 Å². The van der Waals surface area contributed by atoms with Crippen molar-refractivity contribution in [3.63, 3.8) is 0 Å². The van der Waals surface area contributed by atoms with Gasteiger partial charge in [0.2, 0.25) is 0 Å². The van der Waals surface area contributed by atoms with E-state index in [0.717, 1.165) is 39.3 Å². The van der Waals surface area contributed by atoms with Gasteiger partial charge in [-0.15, -0.1) is 0 Å². The van der Waals surface area contributed by atoms with Crippen LogP contribution in [-0.2, 0) is 11.3 Å². The topological polar surface area (TPSA) is 36.3 Å². The van der Waals surface area contributed by atoms with Gasteiger partial charge in [-0.1, -0.05) is 30.3 Å². The van der Waals surface area contributed by atoms with Gasteiger partial charge in [-0.05, 0) is 12.0 Å². The maximum Gasteiger partial charge on any atom is 0.0784 e. The second kappa shape index (κ2) is 4.72. The molecule has 3 heteroatoms. The maximum absolute atomic E-state index is 9.50. The van der Waals surface area contributed by atoms with Crippen LogP contribution in [0.5, 0.6) is 0 Å². The van der Waals surface area contributed by atoms with Crippen molar-refractivity contribution < 1.29 is 4.74 Å². The molecule has 1 aromatic carbocycles. The number of likely N-dealkylation sites (tertiary alicyclic amines) is 1. The van der Waals surface area contributed by atoms with Crippen molar-refractivity contribution in [3.8, 4) is 6.07 Å². The number of benzene rings is 1. The highest BCUT2D eigenvalue weighted by molar-refractivity contribution is 5.17. The van der Waals surface area contributed by atoms with Crippen molar-refractivity contribution in [2.75, 3.05) is 26.3 Å². The average molecular weight is 242 g/mol. The van der Waals surface area contributed by atoms with E-state index in [-0.39, 0.29) is 5.41 Å². The highest BCUT2D eigenvalue weighted by Gasteiger charge is 2.48. The summed E-state index contributed by atoms with van der Waals surface area (Å²) >= 11 is 0. The van der Waals surface area contributed by atoms with Crippen LogP contribution in [0.2, 0.25) is 0 Å². The Bertz CT molecular complexity index is 453. The minimum absolute atomic E-state index is 0.160. The molecular weight excluding hydrogens is 224 g/mol. The van der Waals surface area contributed by atoms with Crippen LogP contribution >= 0.6 is 0 Å². The molecule has 2 atom stereocenters. The van der Waals surface area contributed by atoms with Gasteiger partial charge in [0.1, 0.15) is 0 Å². The Balaban J connectivity index is 1.72. The van der Waals surface area contributed by atoms with Crippen molar-refractivity contribution >= 4 is 0 Å². The van der Waals surface area contributed by atoms with E-state index in [1.807, 2.05) is 6.07 Å². The molecule has 94 valence electrons. The summed E-state index contributed by atoms with van der Waals surface area (Å²) in [7, 11) is 0. The van der Waals surface area contributed by atoms with Crippen LogP contribution < -0.4 is 0 Å². The Morgan fingerprint density at radius 1 is 1.39 bits per heavy atom. The standard InChI is InChI=1S/C15H18N2O/c16-11-15-6-7-18-10-14(15)9-17(12-15)8-13-4-2-1-3-5-13/h1-5,14H,6-10,12H2. The third-order valence-corrected chi connectivity index (χ3v) is 4.25. The summed E-state index contributed by atoms with van der Waals surface area (Å²) in [6.07, 6.45) is 0.888. The minimum atomic E-state index is -0.160. The molecule has 0 saturated carbocycles. The second-order valence-corrected chi connectivity index (χ2v) is 5.45. The summed E-state index contributed by atoms with van der Waals surface area (Å²) < 4.78 is 5.53. The number of hydrogen-bond donors (Lipinski definition) is 0. The van der Waals surface area contributed by atoms with Crippen LogP contribution in [0, 0.1) is 22.7 Å². The molecule has 2 saturated heterocycles. The Morgan fingerprint density at radius 3 is 2.94 bits per heavy atom. The summed E-state index contributed by atoms with van der Waals surface area (Å²) in [5.41, 5.74) is 1.16. The molecule has 2 unspecified atom stereocenters. The average Bonchev–Trinajstić information content (AvgIpc) is 2.78. The predicted octanol–water partition coefficient (Wildman–Crippen LogP) is 2.05. The van der Waals surface area contributed by atoms with E-state index in [1.54, 1.807) is 0 Å². The third-order valence-electron chi connectivity index (χ3n) is 4.25. The number of hydrogen-bond acceptors (Lipinski definition) is 3. The lowest BCUT2D eigenvalue weighted by molar-refractivity contribution is 0.0108. The number of fused-ring (bicyclic) bond motifs is 1. The zero-order chi connectivity index (χ0) is 12.4. The number of rotatable bonds is 2. The molecule has 0 spiro atoms. The van der Waals surface area contributed by atoms with E-state index < -0.39 is 0 Å². The second-order valence-electron chi connectivity index (χ2n) is 5.45. The molecule has 2 aliphatic heterocycles. The van der Waals surface area contributed by atoms with Gasteiger partial charge in [-0.3, -0.25) is 4.90 Å². The van der Waals surface area contributed by atoms with Gasteiger partial charge < -0.3 is 4.74 Å². The van der Waals surface area contributed by atoms with E-state index in [2.05, 4.69) is 35.2 Å². The van der Waals surface area contributed by atoms with Crippen LogP contribution in [0.25, 0.3) is 0 Å². The fourth-order valence-electron chi connectivity index (χ4n) is 3.20. The van der Waals surface area contributed by atoms with Crippen LogP contribution in [-0.4, -0.2) is 31.2 Å². The van der Waals surface area contributed by atoms with E-state index in [1.165, 1.54) is 5.56 Å². The van der Waals surface area contributed by atoms with Crippen molar-refractivity contribution in [3.05, 3.63) is 35.9 Å². The van der Waals surface area contributed by atoms with Gasteiger partial charge in [0.15, 0.2) is 0 Å². The Hall–Kier alpha value is -1.37. The molecule has 1 aromatic rings. The highest BCUT2D eigenvalue weighted by atomic mass is 16.5. The van der Waals surface area contributed by atoms with Crippen molar-refractivity contribution in [1.29, 1.82) is 5.26 Å². The van der Waals surface area contributed by atoms with E-state index in [4.69, 9.17) is 4.74 Å². The highest BCUT2D eigenvalue weighted by Crippen LogP contribution is 2.41. The van der Waals surface area contributed by atoms with Gasteiger partial charge in [-0.25, -0.2) is 0 Å². The molecule has 0 amide bonds.